The van der Waals surface area contributed by atoms with Crippen LogP contribution in [-0.2, 0) is 0 Å². The summed E-state index contributed by atoms with van der Waals surface area (Å²) >= 11 is 13.5. The van der Waals surface area contributed by atoms with Gasteiger partial charge in [-0.05, 0) is 30.3 Å². The van der Waals surface area contributed by atoms with Crippen molar-refractivity contribution in [1.82, 2.24) is 9.88 Å². The largest absolute Gasteiger partial charge is 0.497 e. The molecule has 2 aromatic carbocycles. The Morgan fingerprint density at radius 2 is 1.86 bits per heavy atom. The number of halogens is 2. The SMILES string of the molecule is COc1ccc2sc(OC3CCN(C(=O)c4cc(Cl)cc(Cl)c4)CC3)nc2c1. The molecule has 0 bridgehead atoms. The summed E-state index contributed by atoms with van der Waals surface area (Å²) in [4.78, 5) is 19.0. The number of likely N-dealkylation sites (tertiary alicyclic amines) is 1. The second-order valence-corrected chi connectivity index (χ2v) is 8.45. The Kier molecular flexibility index (Phi) is 5.62. The molecule has 146 valence electrons. The van der Waals surface area contributed by atoms with E-state index in [9.17, 15) is 4.79 Å². The van der Waals surface area contributed by atoms with Crippen LogP contribution in [0.25, 0.3) is 10.2 Å². The Hall–Kier alpha value is -2.02. The van der Waals surface area contributed by atoms with Gasteiger partial charge >= 0.3 is 0 Å². The molecule has 1 saturated heterocycles. The normalized spacial score (nSPS) is 15.0. The van der Waals surface area contributed by atoms with E-state index in [0.717, 1.165) is 28.8 Å². The molecule has 2 heterocycles. The van der Waals surface area contributed by atoms with E-state index < -0.39 is 0 Å². The zero-order valence-corrected chi connectivity index (χ0v) is 17.5. The number of amides is 1. The minimum Gasteiger partial charge on any atom is -0.497 e. The zero-order valence-electron chi connectivity index (χ0n) is 15.2. The van der Waals surface area contributed by atoms with Crippen LogP contribution in [0, 0.1) is 0 Å². The van der Waals surface area contributed by atoms with Gasteiger partial charge in [-0.3, -0.25) is 4.79 Å². The Morgan fingerprint density at radius 3 is 2.54 bits per heavy atom. The van der Waals surface area contributed by atoms with Gasteiger partial charge in [0.15, 0.2) is 0 Å². The van der Waals surface area contributed by atoms with Crippen molar-refractivity contribution < 1.29 is 14.3 Å². The molecule has 4 rings (SSSR count). The number of hydrogen-bond acceptors (Lipinski definition) is 5. The highest BCUT2D eigenvalue weighted by atomic mass is 35.5. The quantitative estimate of drug-likeness (QED) is 0.556. The predicted octanol–water partition coefficient (Wildman–Crippen LogP) is 5.30. The average molecular weight is 437 g/mol. The van der Waals surface area contributed by atoms with Crippen LogP contribution in [0.1, 0.15) is 23.2 Å². The molecule has 1 aliphatic heterocycles. The van der Waals surface area contributed by atoms with Crippen molar-refractivity contribution in [3.05, 3.63) is 52.0 Å². The lowest BCUT2D eigenvalue weighted by Crippen LogP contribution is -2.41. The number of benzene rings is 2. The molecular formula is C20H18Cl2N2O3S. The topological polar surface area (TPSA) is 51.7 Å². The summed E-state index contributed by atoms with van der Waals surface area (Å²) < 4.78 is 12.4. The number of piperidine rings is 1. The van der Waals surface area contributed by atoms with Gasteiger partial charge in [0, 0.05) is 47.6 Å². The van der Waals surface area contributed by atoms with E-state index in [-0.39, 0.29) is 12.0 Å². The number of carbonyl (C=O) groups is 1. The molecule has 8 heteroatoms. The maximum Gasteiger partial charge on any atom is 0.274 e. The third kappa shape index (κ3) is 4.19. The van der Waals surface area contributed by atoms with Gasteiger partial charge in [0.1, 0.15) is 11.9 Å². The second-order valence-electron chi connectivity index (χ2n) is 6.58. The fourth-order valence-electron chi connectivity index (χ4n) is 3.24. The maximum atomic E-state index is 12.7. The monoisotopic (exact) mass is 436 g/mol. The molecule has 3 aromatic rings. The van der Waals surface area contributed by atoms with Gasteiger partial charge in [-0.25, -0.2) is 4.98 Å². The van der Waals surface area contributed by atoms with Crippen LogP contribution in [0.15, 0.2) is 36.4 Å². The first-order chi connectivity index (χ1) is 13.5. The summed E-state index contributed by atoms with van der Waals surface area (Å²) in [5.41, 5.74) is 1.38. The van der Waals surface area contributed by atoms with Crippen LogP contribution in [0.4, 0.5) is 0 Å². The minimum atomic E-state index is -0.0602. The van der Waals surface area contributed by atoms with Crippen LogP contribution in [0.5, 0.6) is 10.9 Å². The molecule has 0 saturated carbocycles. The number of methoxy groups -OCH3 is 1. The summed E-state index contributed by atoms with van der Waals surface area (Å²) in [7, 11) is 1.64. The van der Waals surface area contributed by atoms with Crippen LogP contribution in [0.3, 0.4) is 0 Å². The number of ether oxygens (including phenoxy) is 2. The van der Waals surface area contributed by atoms with E-state index in [1.807, 2.05) is 23.1 Å². The fourth-order valence-corrected chi connectivity index (χ4v) is 4.63. The number of rotatable bonds is 4. The Bertz CT molecular complexity index is 996. The van der Waals surface area contributed by atoms with Crippen LogP contribution < -0.4 is 9.47 Å². The van der Waals surface area contributed by atoms with Crippen LogP contribution >= 0.6 is 34.5 Å². The Labute approximate surface area is 176 Å². The van der Waals surface area contributed by atoms with Crippen LogP contribution in [0.2, 0.25) is 10.0 Å². The first-order valence-corrected chi connectivity index (χ1v) is 10.5. The molecular weight excluding hydrogens is 419 g/mol. The van der Waals surface area contributed by atoms with Crippen LogP contribution in [-0.4, -0.2) is 42.1 Å². The lowest BCUT2D eigenvalue weighted by molar-refractivity contribution is 0.0595. The van der Waals surface area contributed by atoms with E-state index in [2.05, 4.69) is 4.98 Å². The number of thiazole rings is 1. The van der Waals surface area contributed by atoms with Gasteiger partial charge < -0.3 is 14.4 Å². The minimum absolute atomic E-state index is 0.0365. The van der Waals surface area contributed by atoms with Gasteiger partial charge in [-0.15, -0.1) is 0 Å². The highest BCUT2D eigenvalue weighted by Gasteiger charge is 2.26. The molecule has 1 aliphatic rings. The van der Waals surface area contributed by atoms with Gasteiger partial charge in [0.25, 0.3) is 11.1 Å². The first kappa shape index (κ1) is 19.3. The van der Waals surface area contributed by atoms with E-state index in [1.165, 1.54) is 11.3 Å². The van der Waals surface area contributed by atoms with Gasteiger partial charge in [-0.2, -0.15) is 0 Å². The molecule has 0 atom stereocenters. The third-order valence-corrected chi connectivity index (χ3v) is 6.05. The molecule has 28 heavy (non-hydrogen) atoms. The maximum absolute atomic E-state index is 12.7. The summed E-state index contributed by atoms with van der Waals surface area (Å²) in [5, 5.41) is 1.57. The molecule has 1 aromatic heterocycles. The van der Waals surface area contributed by atoms with E-state index in [4.69, 9.17) is 32.7 Å². The van der Waals surface area contributed by atoms with Gasteiger partial charge in [-0.1, -0.05) is 34.5 Å². The van der Waals surface area contributed by atoms with Crippen molar-refractivity contribution in [2.45, 2.75) is 18.9 Å². The van der Waals surface area contributed by atoms with Crippen molar-refractivity contribution in [2.75, 3.05) is 20.2 Å². The third-order valence-electron chi connectivity index (χ3n) is 4.68. The highest BCUT2D eigenvalue weighted by molar-refractivity contribution is 7.20. The number of aromatic nitrogens is 1. The standard InChI is InChI=1S/C20H18Cl2N2O3S/c1-26-16-2-3-18-17(11-16)23-20(28-18)27-15-4-6-24(7-5-15)19(25)12-8-13(21)10-14(22)9-12/h2-3,8-11,15H,4-7H2,1H3. The molecule has 0 aliphatic carbocycles. The number of fused-ring (bicyclic) bond motifs is 1. The van der Waals surface area contributed by atoms with Crippen molar-refractivity contribution in [3.63, 3.8) is 0 Å². The smallest absolute Gasteiger partial charge is 0.274 e. The molecule has 1 fully saturated rings. The van der Waals surface area contributed by atoms with Gasteiger partial charge in [0.2, 0.25) is 0 Å². The summed E-state index contributed by atoms with van der Waals surface area (Å²) in [6.07, 6.45) is 1.54. The van der Waals surface area contributed by atoms with E-state index in [0.29, 0.717) is 33.9 Å². The van der Waals surface area contributed by atoms with Crippen molar-refractivity contribution >= 4 is 50.7 Å². The van der Waals surface area contributed by atoms with Crippen molar-refractivity contribution in [3.8, 4) is 10.9 Å². The average Bonchev–Trinajstić information content (AvgIpc) is 3.08. The molecule has 0 unspecified atom stereocenters. The lowest BCUT2D eigenvalue weighted by atomic mass is 10.1. The number of hydrogen-bond donors (Lipinski definition) is 0. The Morgan fingerprint density at radius 1 is 1.14 bits per heavy atom. The molecule has 5 nitrogen and oxygen atoms in total. The summed E-state index contributed by atoms with van der Waals surface area (Å²) in [6, 6.07) is 10.7. The summed E-state index contributed by atoms with van der Waals surface area (Å²) in [6.45, 7) is 1.23. The predicted molar refractivity (Wildman–Crippen MR) is 112 cm³/mol. The highest BCUT2D eigenvalue weighted by Crippen LogP contribution is 2.32. The molecule has 0 N–H and O–H groups in total. The van der Waals surface area contributed by atoms with Gasteiger partial charge in [0.05, 0.1) is 17.3 Å². The Balaban J connectivity index is 1.38. The van der Waals surface area contributed by atoms with E-state index >= 15 is 0 Å². The zero-order chi connectivity index (χ0) is 19.7. The molecule has 1 amide bonds. The fraction of sp³-hybridized carbons (Fsp3) is 0.300. The van der Waals surface area contributed by atoms with Crippen molar-refractivity contribution in [2.24, 2.45) is 0 Å². The summed E-state index contributed by atoms with van der Waals surface area (Å²) in [5.74, 6) is 0.715. The lowest BCUT2D eigenvalue weighted by Gasteiger charge is -2.31. The second kappa shape index (κ2) is 8.15. The van der Waals surface area contributed by atoms with E-state index in [1.54, 1.807) is 25.3 Å². The van der Waals surface area contributed by atoms with Crippen molar-refractivity contribution in [1.29, 1.82) is 0 Å². The molecule has 0 spiro atoms. The number of nitrogens with zero attached hydrogens (tertiary/aromatic N) is 2. The first-order valence-electron chi connectivity index (χ1n) is 8.88. The molecule has 0 radical (unpaired) electrons. The number of carbonyl (C=O) groups excluding carboxylic acids is 1.